The quantitative estimate of drug-likeness (QED) is 0.259. The predicted molar refractivity (Wildman–Crippen MR) is 174 cm³/mol. The van der Waals surface area contributed by atoms with Crippen LogP contribution in [0.3, 0.4) is 0 Å². The first-order chi connectivity index (χ1) is 21.6. The lowest BCUT2D eigenvalue weighted by molar-refractivity contribution is -0.122. The van der Waals surface area contributed by atoms with Crippen molar-refractivity contribution in [1.29, 1.82) is 0 Å². The third kappa shape index (κ3) is 7.50. The third-order valence-electron chi connectivity index (χ3n) is 7.91. The molecule has 0 radical (unpaired) electrons. The molecule has 3 aromatic carbocycles. The molecule has 3 N–H and O–H groups in total. The number of hydrogen-bond acceptors (Lipinski definition) is 8. The first kappa shape index (κ1) is 33.2. The number of anilines is 1. The Bertz CT molecular complexity index is 1610. The van der Waals surface area contributed by atoms with E-state index < -0.39 is 12.1 Å². The van der Waals surface area contributed by atoms with Gasteiger partial charge in [0.1, 0.15) is 11.8 Å². The third-order valence-corrected chi connectivity index (χ3v) is 7.91. The number of fused-ring (bicyclic) bond motifs is 3. The van der Waals surface area contributed by atoms with Crippen molar-refractivity contribution >= 4 is 17.5 Å². The summed E-state index contributed by atoms with van der Waals surface area (Å²) in [6, 6.07) is 13.4. The number of rotatable bonds is 12. The monoisotopic (exact) mass is 617 g/mol. The zero-order chi connectivity index (χ0) is 32.7. The Labute approximate surface area is 264 Å². The summed E-state index contributed by atoms with van der Waals surface area (Å²) in [4.78, 5) is 39.6. The Kier molecular flexibility index (Phi) is 10.9. The zero-order valence-electron chi connectivity index (χ0n) is 27.0. The van der Waals surface area contributed by atoms with Crippen LogP contribution < -0.4 is 40.3 Å². The van der Waals surface area contributed by atoms with Crippen LogP contribution in [-0.2, 0) is 22.6 Å². The second-order valence-electron chi connectivity index (χ2n) is 11.5. The maximum absolute atomic E-state index is 13.8. The van der Waals surface area contributed by atoms with Crippen molar-refractivity contribution in [3.63, 3.8) is 0 Å². The van der Waals surface area contributed by atoms with E-state index in [1.807, 2.05) is 50.2 Å². The van der Waals surface area contributed by atoms with Gasteiger partial charge >= 0.3 is 0 Å². The summed E-state index contributed by atoms with van der Waals surface area (Å²) in [6.07, 6.45) is 1.64. The van der Waals surface area contributed by atoms with Crippen LogP contribution in [0.5, 0.6) is 23.0 Å². The van der Waals surface area contributed by atoms with E-state index >= 15 is 0 Å². The maximum atomic E-state index is 13.8. The van der Waals surface area contributed by atoms with Crippen LogP contribution in [0.1, 0.15) is 56.3 Å². The normalized spacial score (nSPS) is 14.3. The van der Waals surface area contributed by atoms with Crippen molar-refractivity contribution in [3.8, 4) is 34.1 Å². The molecule has 1 aliphatic rings. The van der Waals surface area contributed by atoms with Crippen LogP contribution in [0.2, 0.25) is 0 Å². The van der Waals surface area contributed by atoms with E-state index in [0.29, 0.717) is 53.4 Å². The average molecular weight is 618 g/mol. The second kappa shape index (κ2) is 14.8. The number of hydrogen-bond donors (Lipinski definition) is 3. The topological polar surface area (TPSA) is 124 Å². The molecule has 1 aliphatic carbocycles. The highest BCUT2D eigenvalue weighted by atomic mass is 16.5. The van der Waals surface area contributed by atoms with Crippen molar-refractivity contribution < 1.29 is 28.5 Å². The van der Waals surface area contributed by atoms with Gasteiger partial charge in [0.2, 0.25) is 23.0 Å². The van der Waals surface area contributed by atoms with Gasteiger partial charge in [-0.1, -0.05) is 38.1 Å². The molecule has 2 unspecified atom stereocenters. The molecule has 0 heterocycles. The summed E-state index contributed by atoms with van der Waals surface area (Å²) >= 11 is 0. The molecule has 4 rings (SSSR count). The fourth-order valence-corrected chi connectivity index (χ4v) is 5.87. The average Bonchev–Trinajstić information content (AvgIpc) is 3.26. The number of amides is 2. The Hall–Kier alpha value is -4.73. The van der Waals surface area contributed by atoms with Crippen LogP contribution >= 0.6 is 0 Å². The molecule has 0 bridgehead atoms. The minimum absolute atomic E-state index is 0.173. The number of carbonyl (C=O) groups is 2. The van der Waals surface area contributed by atoms with Gasteiger partial charge in [-0.3, -0.25) is 14.4 Å². The van der Waals surface area contributed by atoms with E-state index in [2.05, 4.69) is 16.0 Å². The summed E-state index contributed by atoms with van der Waals surface area (Å²) in [5, 5.41) is 9.25. The van der Waals surface area contributed by atoms with Gasteiger partial charge in [0.15, 0.2) is 11.5 Å². The molecule has 0 saturated heterocycles. The van der Waals surface area contributed by atoms with E-state index in [1.54, 1.807) is 40.6 Å². The summed E-state index contributed by atoms with van der Waals surface area (Å²) in [5.74, 6) is 1.84. The highest BCUT2D eigenvalue weighted by Gasteiger charge is 2.30. The van der Waals surface area contributed by atoms with Gasteiger partial charge in [0.25, 0.3) is 0 Å². The van der Waals surface area contributed by atoms with Gasteiger partial charge in [0.05, 0.1) is 40.2 Å². The van der Waals surface area contributed by atoms with E-state index in [1.165, 1.54) is 6.92 Å². The minimum atomic E-state index is -0.674. The van der Waals surface area contributed by atoms with Crippen LogP contribution in [0.25, 0.3) is 11.1 Å². The molecular formula is C35H43N3O7. The Morgan fingerprint density at radius 3 is 2.27 bits per heavy atom. The first-order valence-corrected chi connectivity index (χ1v) is 15.0. The Balaban J connectivity index is 1.79. The zero-order valence-corrected chi connectivity index (χ0v) is 27.0. The number of methoxy groups -OCH3 is 4. The van der Waals surface area contributed by atoms with Crippen LogP contribution in [0, 0.1) is 5.92 Å². The number of benzene rings is 2. The molecule has 0 fully saturated rings. The van der Waals surface area contributed by atoms with Crippen molar-refractivity contribution in [2.24, 2.45) is 5.92 Å². The van der Waals surface area contributed by atoms with Gasteiger partial charge in [-0.05, 0) is 66.1 Å². The molecule has 0 aromatic heterocycles. The lowest BCUT2D eigenvalue weighted by Crippen LogP contribution is -2.41. The maximum Gasteiger partial charge on any atom is 0.242 e. The minimum Gasteiger partial charge on any atom is -0.496 e. The standard InChI is InChI=1S/C35H43N3O7/c1-20(2)16-28(35(41)36-19-23-10-8-9-11-30(23)42-4)38-27-15-13-24-25(18-29(27)40)26(37-21(3)39)14-12-22-17-31(43-5)33(44-6)34(45-7)32(22)24/h8-11,13,15,17-18,20,26,28H,12,14,16,19H2,1-7H3,(H,36,41)(H,37,39)(H,38,40). The molecular weight excluding hydrogens is 574 g/mol. The first-order valence-electron chi connectivity index (χ1n) is 15.0. The van der Waals surface area contributed by atoms with Crippen molar-refractivity contribution in [2.75, 3.05) is 33.8 Å². The molecule has 2 amide bonds. The molecule has 10 nitrogen and oxygen atoms in total. The molecule has 45 heavy (non-hydrogen) atoms. The summed E-state index contributed by atoms with van der Waals surface area (Å²) in [6.45, 7) is 5.78. The fraction of sp³-hybridized carbons (Fsp3) is 0.400. The second-order valence-corrected chi connectivity index (χ2v) is 11.5. The van der Waals surface area contributed by atoms with E-state index in [0.717, 1.165) is 16.7 Å². The smallest absolute Gasteiger partial charge is 0.242 e. The Morgan fingerprint density at radius 2 is 1.62 bits per heavy atom. The van der Waals surface area contributed by atoms with Crippen molar-refractivity contribution in [1.82, 2.24) is 10.6 Å². The van der Waals surface area contributed by atoms with Gasteiger partial charge in [-0.2, -0.15) is 0 Å². The molecule has 240 valence electrons. The highest BCUT2D eigenvalue weighted by molar-refractivity contribution is 5.86. The molecule has 2 atom stereocenters. The molecule has 0 saturated carbocycles. The predicted octanol–water partition coefficient (Wildman–Crippen LogP) is 5.01. The van der Waals surface area contributed by atoms with Crippen molar-refractivity contribution in [3.05, 3.63) is 75.4 Å². The van der Waals surface area contributed by atoms with Gasteiger partial charge in [0, 0.05) is 24.6 Å². The van der Waals surface area contributed by atoms with E-state index in [4.69, 9.17) is 18.9 Å². The number of ether oxygens (including phenoxy) is 4. The van der Waals surface area contributed by atoms with Gasteiger partial charge < -0.3 is 34.9 Å². The highest BCUT2D eigenvalue weighted by Crippen LogP contribution is 2.50. The van der Waals surface area contributed by atoms with E-state index in [9.17, 15) is 14.4 Å². The lowest BCUT2D eigenvalue weighted by atomic mass is 9.95. The molecule has 0 spiro atoms. The van der Waals surface area contributed by atoms with Crippen LogP contribution in [-0.4, -0.2) is 46.3 Å². The summed E-state index contributed by atoms with van der Waals surface area (Å²) < 4.78 is 22.6. The number of aryl methyl sites for hydroxylation is 1. The van der Waals surface area contributed by atoms with E-state index in [-0.39, 0.29) is 35.4 Å². The number of carbonyl (C=O) groups excluding carboxylic acids is 2. The summed E-state index contributed by atoms with van der Waals surface area (Å²) in [7, 11) is 6.26. The number of para-hydroxylation sites is 1. The van der Waals surface area contributed by atoms with Crippen LogP contribution in [0.15, 0.2) is 53.3 Å². The SMILES string of the molecule is COc1ccccc1CNC(=O)C(CC(C)C)Nc1ccc2c(cc1=O)C(NC(C)=O)CCc1cc(OC)c(OC)c(OC)c1-2. The van der Waals surface area contributed by atoms with Crippen molar-refractivity contribution in [2.45, 2.75) is 58.7 Å². The largest absolute Gasteiger partial charge is 0.496 e. The van der Waals surface area contributed by atoms with Gasteiger partial charge in [-0.25, -0.2) is 0 Å². The molecule has 3 aromatic rings. The summed E-state index contributed by atoms with van der Waals surface area (Å²) in [5.41, 5.74) is 3.86. The molecule has 10 heteroatoms. The number of nitrogens with one attached hydrogen (secondary N) is 3. The Morgan fingerprint density at radius 1 is 0.911 bits per heavy atom. The van der Waals surface area contributed by atoms with Crippen LogP contribution in [0.4, 0.5) is 5.69 Å². The fourth-order valence-electron chi connectivity index (χ4n) is 5.87. The van der Waals surface area contributed by atoms with Gasteiger partial charge in [-0.15, -0.1) is 0 Å². The lowest BCUT2D eigenvalue weighted by Gasteiger charge is -2.21. The molecule has 0 aliphatic heterocycles.